The van der Waals surface area contributed by atoms with E-state index in [1.54, 1.807) is 0 Å². The van der Waals surface area contributed by atoms with Gasteiger partial charge in [0.25, 0.3) is 0 Å². The van der Waals surface area contributed by atoms with E-state index in [-0.39, 0.29) is 0 Å². The van der Waals surface area contributed by atoms with E-state index in [0.717, 1.165) is 6.42 Å². The van der Waals surface area contributed by atoms with E-state index in [9.17, 15) is 0 Å². The Hall–Kier alpha value is -0.0800. The first kappa shape index (κ1) is 10.0. The Labute approximate surface area is 76.3 Å². The van der Waals surface area contributed by atoms with Crippen LogP contribution in [0.3, 0.4) is 0 Å². The monoisotopic (exact) mass is 169 g/mol. The van der Waals surface area contributed by atoms with E-state index >= 15 is 0 Å². The van der Waals surface area contributed by atoms with E-state index in [4.69, 9.17) is 0 Å². The Morgan fingerprint density at radius 1 is 1.08 bits per heavy atom. The molecule has 12 heavy (non-hydrogen) atoms. The molecule has 0 amide bonds. The number of rotatable bonds is 5. The van der Waals surface area contributed by atoms with Crippen molar-refractivity contribution < 1.29 is 0 Å². The van der Waals surface area contributed by atoms with Gasteiger partial charge in [0.05, 0.1) is 0 Å². The Morgan fingerprint density at radius 3 is 2.50 bits per heavy atom. The Balaban J connectivity index is 1.91. The van der Waals surface area contributed by atoms with Crippen LogP contribution < -0.4 is 5.32 Å². The molecule has 0 aromatic carbocycles. The van der Waals surface area contributed by atoms with Crippen molar-refractivity contribution in [1.82, 2.24) is 10.2 Å². The minimum atomic E-state index is 1.10. The molecule has 0 bridgehead atoms. The van der Waals surface area contributed by atoms with Crippen molar-refractivity contribution in [2.75, 3.05) is 32.7 Å². The average Bonchev–Trinajstić information content (AvgIpc) is 2.14. The Kier molecular flexibility index (Phi) is 5.37. The number of unbranched alkanes of at least 4 members (excludes halogenated alkanes) is 3. The van der Waals surface area contributed by atoms with Crippen LogP contribution in [0.25, 0.3) is 0 Å². The van der Waals surface area contributed by atoms with Crippen LogP contribution in [0, 0.1) is 6.92 Å². The van der Waals surface area contributed by atoms with Gasteiger partial charge in [-0.25, -0.2) is 0 Å². The van der Waals surface area contributed by atoms with Gasteiger partial charge in [-0.2, -0.15) is 0 Å². The highest BCUT2D eigenvalue weighted by molar-refractivity contribution is 4.67. The average molecular weight is 169 g/mol. The summed E-state index contributed by atoms with van der Waals surface area (Å²) in [4.78, 5) is 2.56. The van der Waals surface area contributed by atoms with Crippen molar-refractivity contribution in [3.8, 4) is 0 Å². The van der Waals surface area contributed by atoms with E-state index in [1.807, 2.05) is 0 Å². The molecule has 1 saturated heterocycles. The molecule has 0 aromatic rings. The van der Waals surface area contributed by atoms with Crippen LogP contribution in [0.1, 0.15) is 25.7 Å². The van der Waals surface area contributed by atoms with Crippen molar-refractivity contribution in [1.29, 1.82) is 0 Å². The van der Waals surface area contributed by atoms with Crippen LogP contribution in [-0.4, -0.2) is 37.6 Å². The van der Waals surface area contributed by atoms with Gasteiger partial charge in [-0.3, -0.25) is 0 Å². The summed E-state index contributed by atoms with van der Waals surface area (Å²) in [6.07, 6.45) is 5.11. The van der Waals surface area contributed by atoms with Crippen LogP contribution in [-0.2, 0) is 0 Å². The van der Waals surface area contributed by atoms with E-state index in [2.05, 4.69) is 17.1 Å². The number of nitrogens with one attached hydrogen (secondary N) is 1. The van der Waals surface area contributed by atoms with Gasteiger partial charge >= 0.3 is 0 Å². The van der Waals surface area contributed by atoms with Crippen molar-refractivity contribution >= 4 is 0 Å². The maximum absolute atomic E-state index is 3.85. The van der Waals surface area contributed by atoms with Gasteiger partial charge in [-0.1, -0.05) is 26.2 Å². The topological polar surface area (TPSA) is 15.3 Å². The van der Waals surface area contributed by atoms with Gasteiger partial charge in [0.15, 0.2) is 0 Å². The molecule has 1 fully saturated rings. The Morgan fingerprint density at radius 2 is 1.83 bits per heavy atom. The van der Waals surface area contributed by atoms with Gasteiger partial charge in [-0.15, -0.1) is 0 Å². The predicted octanol–water partition coefficient (Wildman–Crippen LogP) is 1.29. The lowest BCUT2D eigenvalue weighted by atomic mass is 10.2. The van der Waals surface area contributed by atoms with Crippen molar-refractivity contribution in [3.05, 3.63) is 6.92 Å². The molecule has 0 aliphatic carbocycles. The van der Waals surface area contributed by atoms with E-state index in [1.165, 1.54) is 52.0 Å². The van der Waals surface area contributed by atoms with Crippen LogP contribution in [0.15, 0.2) is 0 Å². The fraction of sp³-hybridized carbons (Fsp3) is 0.900. The molecule has 0 saturated carbocycles. The second kappa shape index (κ2) is 6.44. The summed E-state index contributed by atoms with van der Waals surface area (Å²) in [5.74, 6) is 0. The molecule has 1 heterocycles. The molecule has 0 unspecified atom stereocenters. The molecule has 71 valence electrons. The smallest absolute Gasteiger partial charge is 0.0107 e. The van der Waals surface area contributed by atoms with Gasteiger partial charge in [0.1, 0.15) is 0 Å². The second-order valence-corrected chi connectivity index (χ2v) is 3.51. The summed E-state index contributed by atoms with van der Waals surface area (Å²) in [6.45, 7) is 9.97. The molecule has 2 nitrogen and oxygen atoms in total. The highest BCUT2D eigenvalue weighted by Gasteiger charge is 2.07. The highest BCUT2D eigenvalue weighted by Crippen LogP contribution is 2.01. The van der Waals surface area contributed by atoms with Crippen LogP contribution in [0.5, 0.6) is 0 Å². The first-order valence-corrected chi connectivity index (χ1v) is 5.16. The standard InChI is InChI=1S/C10H21N2/c1-2-3-4-5-8-12-9-6-11-7-10-12/h11H,1-10H2. The number of nitrogens with zero attached hydrogens (tertiary/aromatic N) is 1. The third-order valence-electron chi connectivity index (χ3n) is 2.43. The fourth-order valence-electron chi connectivity index (χ4n) is 1.62. The van der Waals surface area contributed by atoms with Gasteiger partial charge in [0.2, 0.25) is 0 Å². The third-order valence-corrected chi connectivity index (χ3v) is 2.43. The first-order valence-electron chi connectivity index (χ1n) is 5.16. The van der Waals surface area contributed by atoms with Crippen LogP contribution in [0.2, 0.25) is 0 Å². The van der Waals surface area contributed by atoms with Gasteiger partial charge in [-0.05, 0) is 13.0 Å². The van der Waals surface area contributed by atoms with Crippen molar-refractivity contribution in [2.45, 2.75) is 25.7 Å². The molecule has 1 N–H and O–H groups in total. The summed E-state index contributed by atoms with van der Waals surface area (Å²) in [6, 6.07) is 0. The molecule has 1 rings (SSSR count). The molecule has 0 aromatic heterocycles. The molecule has 1 aliphatic rings. The Bertz CT molecular complexity index is 98.0. The molecule has 2 heteroatoms. The summed E-state index contributed by atoms with van der Waals surface area (Å²) >= 11 is 0. The third kappa shape index (κ3) is 4.07. The normalized spacial score (nSPS) is 19.8. The molecule has 0 spiro atoms. The number of hydrogen-bond acceptors (Lipinski definition) is 2. The molecular formula is C10H21N2. The first-order chi connectivity index (χ1) is 5.93. The zero-order valence-electron chi connectivity index (χ0n) is 8.02. The minimum Gasteiger partial charge on any atom is -0.314 e. The van der Waals surface area contributed by atoms with Crippen LogP contribution in [0.4, 0.5) is 0 Å². The van der Waals surface area contributed by atoms with E-state index in [0.29, 0.717) is 0 Å². The summed E-state index contributed by atoms with van der Waals surface area (Å²) in [5, 5.41) is 3.36. The number of hydrogen-bond donors (Lipinski definition) is 1. The zero-order valence-corrected chi connectivity index (χ0v) is 8.02. The quantitative estimate of drug-likeness (QED) is 0.624. The lowest BCUT2D eigenvalue weighted by Crippen LogP contribution is -2.43. The van der Waals surface area contributed by atoms with Crippen molar-refractivity contribution in [2.24, 2.45) is 0 Å². The lowest BCUT2D eigenvalue weighted by Gasteiger charge is -2.26. The summed E-state index contributed by atoms with van der Waals surface area (Å²) in [7, 11) is 0. The largest absolute Gasteiger partial charge is 0.314 e. The highest BCUT2D eigenvalue weighted by atomic mass is 15.2. The maximum atomic E-state index is 3.85. The molecule has 1 radical (unpaired) electrons. The van der Waals surface area contributed by atoms with E-state index < -0.39 is 0 Å². The molecular weight excluding hydrogens is 148 g/mol. The summed E-state index contributed by atoms with van der Waals surface area (Å²) < 4.78 is 0. The van der Waals surface area contributed by atoms with Crippen molar-refractivity contribution in [3.63, 3.8) is 0 Å². The summed E-state index contributed by atoms with van der Waals surface area (Å²) in [5.41, 5.74) is 0. The minimum absolute atomic E-state index is 1.10. The predicted molar refractivity (Wildman–Crippen MR) is 53.1 cm³/mol. The van der Waals surface area contributed by atoms with Gasteiger partial charge in [0, 0.05) is 26.2 Å². The fourth-order valence-corrected chi connectivity index (χ4v) is 1.62. The molecule has 0 atom stereocenters. The second-order valence-electron chi connectivity index (χ2n) is 3.51. The number of piperazine rings is 1. The van der Waals surface area contributed by atoms with Crippen LogP contribution >= 0.6 is 0 Å². The SMILES string of the molecule is [CH2]CCCCCN1CCNCC1. The lowest BCUT2D eigenvalue weighted by molar-refractivity contribution is 0.236. The zero-order chi connectivity index (χ0) is 8.65. The maximum Gasteiger partial charge on any atom is 0.0107 e. The van der Waals surface area contributed by atoms with Gasteiger partial charge < -0.3 is 10.2 Å². The molecule has 1 aliphatic heterocycles.